The Labute approximate surface area is 180 Å². The zero-order valence-electron chi connectivity index (χ0n) is 17.0. The van der Waals surface area contributed by atoms with Gasteiger partial charge in [-0.3, -0.25) is 14.7 Å². The third-order valence-corrected chi connectivity index (χ3v) is 6.45. The van der Waals surface area contributed by atoms with Crippen LogP contribution in [0.15, 0.2) is 73.1 Å². The van der Waals surface area contributed by atoms with Crippen molar-refractivity contribution >= 4 is 5.91 Å². The van der Waals surface area contributed by atoms with Gasteiger partial charge in [0.15, 0.2) is 0 Å². The van der Waals surface area contributed by atoms with Gasteiger partial charge in [0.1, 0.15) is 17.2 Å². The Hall–Kier alpha value is -3.12. The Morgan fingerprint density at radius 1 is 0.935 bits per heavy atom. The van der Waals surface area contributed by atoms with Gasteiger partial charge >= 0.3 is 0 Å². The van der Waals surface area contributed by atoms with Crippen LogP contribution in [0.2, 0.25) is 0 Å². The Morgan fingerprint density at radius 2 is 1.71 bits per heavy atom. The molecule has 2 aliphatic rings. The van der Waals surface area contributed by atoms with Crippen molar-refractivity contribution < 1.29 is 13.6 Å². The smallest absolute Gasteiger partial charge is 0.260 e. The van der Waals surface area contributed by atoms with Crippen LogP contribution in [0.5, 0.6) is 0 Å². The number of benzene rings is 2. The molecule has 0 N–H and O–H groups in total. The summed E-state index contributed by atoms with van der Waals surface area (Å²) < 4.78 is 28.8. The fraction of sp³-hybridized carbons (Fsp3) is 0.280. The molecule has 31 heavy (non-hydrogen) atoms. The van der Waals surface area contributed by atoms with Crippen molar-refractivity contribution in [3.05, 3.63) is 101 Å². The van der Waals surface area contributed by atoms with E-state index in [1.165, 1.54) is 6.07 Å². The predicted octanol–water partition coefficient (Wildman–Crippen LogP) is 4.31. The molecule has 0 radical (unpaired) electrons. The van der Waals surface area contributed by atoms with Crippen LogP contribution in [0, 0.1) is 23.5 Å². The van der Waals surface area contributed by atoms with E-state index in [4.69, 9.17) is 0 Å². The molecule has 1 amide bonds. The fourth-order valence-electron chi connectivity index (χ4n) is 5.15. The standard InChI is InChI=1S/C25H23F2N3O/c26-21-9-4-10-22(27)23(21)25(31)30-15-19-14-29(13-17-6-5-11-28-12-17)16-20(19)24(30)18-7-2-1-3-8-18/h1-12,19-20,24H,13-16H2/t19-,20-,24-/m0/s1. The Morgan fingerprint density at radius 3 is 2.42 bits per heavy atom. The lowest BCUT2D eigenvalue weighted by Crippen LogP contribution is -2.36. The van der Waals surface area contributed by atoms with Crippen LogP contribution in [0.4, 0.5) is 8.78 Å². The number of rotatable bonds is 4. The summed E-state index contributed by atoms with van der Waals surface area (Å²) in [7, 11) is 0. The van der Waals surface area contributed by atoms with Gasteiger partial charge in [-0.05, 0) is 35.2 Å². The SMILES string of the molecule is O=C(c1c(F)cccc1F)N1C[C@@H]2CN(Cc3cccnc3)C[C@@H]2[C@@H]1c1ccccc1. The quantitative estimate of drug-likeness (QED) is 0.633. The average molecular weight is 419 g/mol. The molecule has 5 rings (SSSR count). The molecule has 0 aliphatic carbocycles. The van der Waals surface area contributed by atoms with Gasteiger partial charge in [0, 0.05) is 44.5 Å². The van der Waals surface area contributed by atoms with Crippen molar-refractivity contribution in [1.82, 2.24) is 14.8 Å². The maximum Gasteiger partial charge on any atom is 0.260 e. The topological polar surface area (TPSA) is 36.4 Å². The molecule has 2 aromatic carbocycles. The number of hydrogen-bond acceptors (Lipinski definition) is 3. The molecule has 0 saturated carbocycles. The maximum atomic E-state index is 14.4. The normalized spacial score (nSPS) is 23.2. The lowest BCUT2D eigenvalue weighted by molar-refractivity contribution is 0.0690. The summed E-state index contributed by atoms with van der Waals surface area (Å²) >= 11 is 0. The van der Waals surface area contributed by atoms with Crippen LogP contribution < -0.4 is 0 Å². The third-order valence-electron chi connectivity index (χ3n) is 6.45. The van der Waals surface area contributed by atoms with Crippen molar-refractivity contribution in [3.63, 3.8) is 0 Å². The number of likely N-dealkylation sites (tertiary alicyclic amines) is 2. The highest BCUT2D eigenvalue weighted by molar-refractivity contribution is 5.95. The minimum absolute atomic E-state index is 0.206. The molecular weight excluding hydrogens is 396 g/mol. The van der Waals surface area contributed by atoms with Crippen LogP contribution in [0.1, 0.15) is 27.5 Å². The summed E-state index contributed by atoms with van der Waals surface area (Å²) in [5, 5.41) is 0. The number of carbonyl (C=O) groups excluding carboxylic acids is 1. The number of aromatic nitrogens is 1. The van der Waals surface area contributed by atoms with E-state index in [1.54, 1.807) is 11.1 Å². The van der Waals surface area contributed by atoms with Crippen LogP contribution in [0.25, 0.3) is 0 Å². The van der Waals surface area contributed by atoms with Gasteiger partial charge in [-0.15, -0.1) is 0 Å². The van der Waals surface area contributed by atoms with E-state index in [9.17, 15) is 13.6 Å². The first-order chi connectivity index (χ1) is 15.1. The highest BCUT2D eigenvalue weighted by atomic mass is 19.1. The highest BCUT2D eigenvalue weighted by Gasteiger charge is 2.49. The van der Waals surface area contributed by atoms with Crippen LogP contribution in [-0.4, -0.2) is 40.3 Å². The van der Waals surface area contributed by atoms with E-state index in [-0.39, 0.29) is 17.9 Å². The Kier molecular flexibility index (Phi) is 5.24. The highest BCUT2D eigenvalue weighted by Crippen LogP contribution is 2.46. The second-order valence-corrected chi connectivity index (χ2v) is 8.39. The third kappa shape index (κ3) is 3.72. The molecule has 3 atom stereocenters. The summed E-state index contributed by atoms with van der Waals surface area (Å²) in [4.78, 5) is 21.6. The van der Waals surface area contributed by atoms with Gasteiger partial charge in [0.25, 0.3) is 5.91 Å². The van der Waals surface area contributed by atoms with E-state index in [2.05, 4.69) is 16.0 Å². The van der Waals surface area contributed by atoms with E-state index in [1.807, 2.05) is 42.6 Å². The van der Waals surface area contributed by atoms with E-state index < -0.39 is 23.1 Å². The van der Waals surface area contributed by atoms with Crippen molar-refractivity contribution in [3.8, 4) is 0 Å². The lowest BCUT2D eigenvalue weighted by atomic mass is 9.89. The number of nitrogens with zero attached hydrogens (tertiary/aromatic N) is 3. The minimum atomic E-state index is -0.813. The fourth-order valence-corrected chi connectivity index (χ4v) is 5.15. The van der Waals surface area contributed by atoms with Gasteiger partial charge in [0.05, 0.1) is 6.04 Å². The molecule has 0 bridgehead atoms. The molecule has 4 nitrogen and oxygen atoms in total. The summed E-state index contributed by atoms with van der Waals surface area (Å²) in [5.41, 5.74) is 1.69. The van der Waals surface area contributed by atoms with Crippen molar-refractivity contribution in [2.45, 2.75) is 12.6 Å². The molecule has 1 aromatic heterocycles. The van der Waals surface area contributed by atoms with Gasteiger partial charge in [-0.2, -0.15) is 0 Å². The van der Waals surface area contributed by atoms with Crippen LogP contribution in [0.3, 0.4) is 0 Å². The molecular formula is C25H23F2N3O. The van der Waals surface area contributed by atoms with Gasteiger partial charge < -0.3 is 4.90 Å². The molecule has 6 heteroatoms. The van der Waals surface area contributed by atoms with Crippen LogP contribution >= 0.6 is 0 Å². The first kappa shape index (κ1) is 19.8. The predicted molar refractivity (Wildman–Crippen MR) is 113 cm³/mol. The van der Waals surface area contributed by atoms with Crippen molar-refractivity contribution in [1.29, 1.82) is 0 Å². The minimum Gasteiger partial charge on any atom is -0.331 e. The molecule has 0 unspecified atom stereocenters. The lowest BCUT2D eigenvalue weighted by Gasteiger charge is -2.30. The van der Waals surface area contributed by atoms with Crippen molar-refractivity contribution in [2.75, 3.05) is 19.6 Å². The molecule has 158 valence electrons. The molecule has 0 spiro atoms. The summed E-state index contributed by atoms with van der Waals surface area (Å²) in [6.45, 7) is 2.95. The monoisotopic (exact) mass is 419 g/mol. The van der Waals surface area contributed by atoms with Gasteiger partial charge in [-0.25, -0.2) is 8.78 Å². The van der Waals surface area contributed by atoms with E-state index in [0.717, 1.165) is 42.9 Å². The second kappa shape index (κ2) is 8.19. The first-order valence-electron chi connectivity index (χ1n) is 10.5. The zero-order valence-corrected chi connectivity index (χ0v) is 17.0. The Balaban J connectivity index is 1.44. The average Bonchev–Trinajstić information content (AvgIpc) is 3.32. The number of carbonyl (C=O) groups is 1. The Bertz CT molecular complexity index is 1060. The first-order valence-corrected chi connectivity index (χ1v) is 10.5. The molecule has 3 aromatic rings. The zero-order chi connectivity index (χ0) is 21.4. The summed E-state index contributed by atoms with van der Waals surface area (Å²) in [5.74, 6) is -1.74. The van der Waals surface area contributed by atoms with Crippen molar-refractivity contribution in [2.24, 2.45) is 11.8 Å². The molecule has 2 fully saturated rings. The number of amides is 1. The van der Waals surface area contributed by atoms with E-state index >= 15 is 0 Å². The molecule has 2 saturated heterocycles. The number of fused-ring (bicyclic) bond motifs is 1. The van der Waals surface area contributed by atoms with E-state index in [0.29, 0.717) is 6.54 Å². The largest absolute Gasteiger partial charge is 0.331 e. The summed E-state index contributed by atoms with van der Waals surface area (Å²) in [6.07, 6.45) is 3.64. The number of pyridine rings is 1. The second-order valence-electron chi connectivity index (χ2n) is 8.39. The van der Waals surface area contributed by atoms with Gasteiger partial charge in [0.2, 0.25) is 0 Å². The van der Waals surface area contributed by atoms with Crippen LogP contribution in [-0.2, 0) is 6.54 Å². The molecule has 3 heterocycles. The molecule has 2 aliphatic heterocycles. The van der Waals surface area contributed by atoms with Gasteiger partial charge in [-0.1, -0.05) is 42.5 Å². The number of halogens is 2. The maximum absolute atomic E-state index is 14.4. The summed E-state index contributed by atoms with van der Waals surface area (Å²) in [6, 6.07) is 17.2. The number of hydrogen-bond donors (Lipinski definition) is 0.